The van der Waals surface area contributed by atoms with Gasteiger partial charge in [0.25, 0.3) is 0 Å². The highest BCUT2D eigenvalue weighted by Gasteiger charge is 2.23. The molecule has 0 aliphatic heterocycles. The molecule has 1 aliphatic rings. The van der Waals surface area contributed by atoms with Crippen molar-refractivity contribution in [3.63, 3.8) is 0 Å². The van der Waals surface area contributed by atoms with Gasteiger partial charge in [-0.25, -0.2) is 0 Å². The molecule has 8 aromatic rings. The molecule has 9 rings (SSSR count). The van der Waals surface area contributed by atoms with E-state index in [1.54, 1.807) is 12.1 Å². The third kappa shape index (κ3) is 4.30. The van der Waals surface area contributed by atoms with Gasteiger partial charge in [-0.2, -0.15) is 15.8 Å². The van der Waals surface area contributed by atoms with E-state index in [1.165, 1.54) is 22.2 Å². The van der Waals surface area contributed by atoms with Crippen molar-refractivity contribution < 1.29 is 0 Å². The topological polar surface area (TPSA) is 81.2 Å². The number of hydrogen-bond acceptors (Lipinski definition) is 3. The van der Waals surface area contributed by atoms with Crippen LogP contribution in [-0.4, -0.2) is 9.13 Å². The molecule has 0 unspecified atom stereocenters. The van der Waals surface area contributed by atoms with Crippen LogP contribution in [0.5, 0.6) is 0 Å². The van der Waals surface area contributed by atoms with Crippen molar-refractivity contribution in [2.75, 3.05) is 0 Å². The van der Waals surface area contributed by atoms with Crippen LogP contribution in [0.3, 0.4) is 0 Å². The maximum atomic E-state index is 10.8. The smallest absolute Gasteiger partial charge is 0.102 e. The Labute approximate surface area is 289 Å². The number of nitriles is 3. The lowest BCUT2D eigenvalue weighted by atomic mass is 9.93. The van der Waals surface area contributed by atoms with Crippen molar-refractivity contribution in [3.05, 3.63) is 161 Å². The second-order valence-electron chi connectivity index (χ2n) is 12.6. The molecule has 2 aromatic heterocycles. The van der Waals surface area contributed by atoms with E-state index in [2.05, 4.69) is 95.6 Å². The molecule has 232 valence electrons. The highest BCUT2D eigenvalue weighted by molar-refractivity contribution is 6.10. The first-order valence-corrected chi connectivity index (χ1v) is 16.6. The lowest BCUT2D eigenvalue weighted by Crippen LogP contribution is -2.03. The predicted octanol–water partition coefficient (Wildman–Crippen LogP) is 10.6. The van der Waals surface area contributed by atoms with Crippen LogP contribution in [0.1, 0.15) is 34.4 Å². The molecule has 0 bridgehead atoms. The summed E-state index contributed by atoms with van der Waals surface area (Å²) >= 11 is 0. The molecule has 5 heteroatoms. The minimum absolute atomic E-state index is 0.399. The number of nitrogens with zero attached hydrogens (tertiary/aromatic N) is 5. The van der Waals surface area contributed by atoms with Crippen LogP contribution in [-0.2, 0) is 6.42 Å². The first-order valence-electron chi connectivity index (χ1n) is 16.6. The van der Waals surface area contributed by atoms with Gasteiger partial charge in [-0.3, -0.25) is 0 Å². The molecule has 0 saturated carbocycles. The summed E-state index contributed by atoms with van der Waals surface area (Å²) in [5, 5.41) is 34.0. The van der Waals surface area contributed by atoms with Crippen LogP contribution < -0.4 is 0 Å². The summed E-state index contributed by atoms with van der Waals surface area (Å²) in [6.45, 7) is 0. The number of aromatic nitrogens is 2. The van der Waals surface area contributed by atoms with E-state index in [1.807, 2.05) is 59.2 Å². The second kappa shape index (κ2) is 11.5. The summed E-state index contributed by atoms with van der Waals surface area (Å²) in [5.41, 5.74) is 12.2. The Hall–Kier alpha value is -7.13. The fourth-order valence-electron chi connectivity index (χ4n) is 7.76. The molecule has 6 aromatic carbocycles. The highest BCUT2D eigenvalue weighted by Crippen LogP contribution is 2.41. The van der Waals surface area contributed by atoms with Gasteiger partial charge in [0.1, 0.15) is 12.1 Å². The van der Waals surface area contributed by atoms with Crippen molar-refractivity contribution in [2.24, 2.45) is 0 Å². The molecule has 0 amide bonds. The largest absolute Gasteiger partial charge is 0.309 e. The van der Waals surface area contributed by atoms with Crippen LogP contribution in [0.4, 0.5) is 0 Å². The first kappa shape index (κ1) is 29.0. The monoisotopic (exact) mass is 637 g/mol. The van der Waals surface area contributed by atoms with Gasteiger partial charge in [-0.1, -0.05) is 84.9 Å². The Kier molecular flexibility index (Phi) is 6.70. The van der Waals surface area contributed by atoms with E-state index >= 15 is 0 Å². The molecule has 1 aliphatic carbocycles. The van der Waals surface area contributed by atoms with E-state index in [-0.39, 0.29) is 0 Å². The zero-order valence-electron chi connectivity index (χ0n) is 26.9. The molecule has 0 fully saturated rings. The van der Waals surface area contributed by atoms with E-state index < -0.39 is 0 Å². The summed E-state index contributed by atoms with van der Waals surface area (Å²) in [4.78, 5) is 0. The summed E-state index contributed by atoms with van der Waals surface area (Å²) in [6, 6.07) is 49.7. The van der Waals surface area contributed by atoms with Crippen molar-refractivity contribution >= 4 is 38.8 Å². The average Bonchev–Trinajstić information content (AvgIpc) is 3.69. The van der Waals surface area contributed by atoms with Crippen LogP contribution in [0.25, 0.3) is 72.4 Å². The lowest BCUT2D eigenvalue weighted by Gasteiger charge is -2.18. The van der Waals surface area contributed by atoms with Gasteiger partial charge in [0, 0.05) is 33.0 Å². The van der Waals surface area contributed by atoms with Gasteiger partial charge in [0.2, 0.25) is 0 Å². The third-order valence-corrected chi connectivity index (χ3v) is 9.92. The zero-order chi connectivity index (χ0) is 33.8. The molecule has 2 heterocycles. The SMILES string of the molecule is N#Cc1ccc2c(c1)c1ccccc1n2-c1c(C#N)ccc(-c2cccc(-c3ccccc3-n3c4c(c5ccccc53)CCC=C4)c2)c1C#N. The number of allylic oxidation sites excluding steroid dienone is 1. The van der Waals surface area contributed by atoms with Crippen molar-refractivity contribution in [3.8, 4) is 51.8 Å². The van der Waals surface area contributed by atoms with Gasteiger partial charge >= 0.3 is 0 Å². The van der Waals surface area contributed by atoms with Crippen LogP contribution in [0, 0.1) is 34.0 Å². The van der Waals surface area contributed by atoms with Gasteiger partial charge in [-0.15, -0.1) is 0 Å². The van der Waals surface area contributed by atoms with Crippen molar-refractivity contribution in [1.82, 2.24) is 9.13 Å². The molecule has 0 spiro atoms. The Morgan fingerprint density at radius 1 is 0.540 bits per heavy atom. The molecule has 0 atom stereocenters. The summed E-state index contributed by atoms with van der Waals surface area (Å²) in [5.74, 6) is 0. The zero-order valence-corrected chi connectivity index (χ0v) is 26.9. The first-order chi connectivity index (χ1) is 24.7. The average molecular weight is 638 g/mol. The Balaban J connectivity index is 1.26. The van der Waals surface area contributed by atoms with Crippen LogP contribution in [0.15, 0.2) is 133 Å². The number of rotatable bonds is 4. The molecule has 0 saturated heterocycles. The Bertz CT molecular complexity index is 2860. The van der Waals surface area contributed by atoms with E-state index in [0.29, 0.717) is 22.4 Å². The summed E-state index contributed by atoms with van der Waals surface area (Å²) in [7, 11) is 0. The van der Waals surface area contributed by atoms with Gasteiger partial charge in [0.05, 0.1) is 50.7 Å². The van der Waals surface area contributed by atoms with E-state index in [9.17, 15) is 15.8 Å². The third-order valence-electron chi connectivity index (χ3n) is 9.92. The number of benzene rings is 6. The fourth-order valence-corrected chi connectivity index (χ4v) is 7.76. The summed E-state index contributed by atoms with van der Waals surface area (Å²) < 4.78 is 4.38. The Morgan fingerprint density at radius 3 is 2.06 bits per heavy atom. The summed E-state index contributed by atoms with van der Waals surface area (Å²) in [6.07, 6.45) is 6.56. The molecule has 0 radical (unpaired) electrons. The molecular weight excluding hydrogens is 611 g/mol. The fraction of sp³-hybridized carbons (Fsp3) is 0.0444. The second-order valence-corrected chi connectivity index (χ2v) is 12.6. The molecule has 5 nitrogen and oxygen atoms in total. The minimum atomic E-state index is 0.399. The quantitative estimate of drug-likeness (QED) is 0.193. The number of hydrogen-bond donors (Lipinski definition) is 0. The molecule has 50 heavy (non-hydrogen) atoms. The van der Waals surface area contributed by atoms with Crippen molar-refractivity contribution in [2.45, 2.75) is 12.8 Å². The highest BCUT2D eigenvalue weighted by atomic mass is 15.0. The molecular formula is C45H27N5. The van der Waals surface area contributed by atoms with E-state index in [4.69, 9.17) is 0 Å². The van der Waals surface area contributed by atoms with Gasteiger partial charge in [0.15, 0.2) is 0 Å². The van der Waals surface area contributed by atoms with Gasteiger partial charge < -0.3 is 9.13 Å². The number of aryl methyl sites for hydroxylation is 1. The predicted molar refractivity (Wildman–Crippen MR) is 200 cm³/mol. The Morgan fingerprint density at radius 2 is 1.26 bits per heavy atom. The maximum Gasteiger partial charge on any atom is 0.102 e. The van der Waals surface area contributed by atoms with E-state index in [0.717, 1.165) is 62.6 Å². The normalized spacial score (nSPS) is 12.1. The lowest BCUT2D eigenvalue weighted by molar-refractivity contribution is 0.968. The van der Waals surface area contributed by atoms with Crippen LogP contribution in [0.2, 0.25) is 0 Å². The standard InChI is InChI=1S/C45H27N5/c46-26-29-20-23-44-38(24-29)37-15-4-8-19-43(37)50(44)45-32(27-47)21-22-33(39(45)28-48)30-10-9-11-31(25-30)34-12-1-5-16-40(34)49-41-17-6-2-13-35(41)36-14-3-7-18-42(36)49/h1-2,4-13,15-25H,3,14H2. The minimum Gasteiger partial charge on any atom is -0.309 e. The molecule has 0 N–H and O–H groups in total. The van der Waals surface area contributed by atoms with Crippen LogP contribution >= 0.6 is 0 Å². The van der Waals surface area contributed by atoms with Gasteiger partial charge in [-0.05, 0) is 84.1 Å². The number of fused-ring (bicyclic) bond motifs is 6. The maximum absolute atomic E-state index is 10.8. The number of para-hydroxylation sites is 3. The van der Waals surface area contributed by atoms with Crippen molar-refractivity contribution in [1.29, 1.82) is 15.8 Å².